The maximum Gasteiger partial charge on any atom is 0.490 e. The zero-order chi connectivity index (χ0) is 13.2. The quantitative estimate of drug-likeness (QED) is 0.601. The van der Waals surface area contributed by atoms with Crippen molar-refractivity contribution in [1.29, 1.82) is 0 Å². The Bertz CT molecular complexity index is 260. The van der Waals surface area contributed by atoms with E-state index in [1.54, 1.807) is 20.8 Å². The number of hydrogen-bond acceptors (Lipinski definition) is 4. The van der Waals surface area contributed by atoms with E-state index in [4.69, 9.17) is 5.73 Å². The van der Waals surface area contributed by atoms with Gasteiger partial charge in [-0.25, -0.2) is 4.79 Å². The summed E-state index contributed by atoms with van der Waals surface area (Å²) in [7, 11) is 1.26. The molecule has 96 valence electrons. The van der Waals surface area contributed by atoms with E-state index in [0.29, 0.717) is 0 Å². The Hall–Kier alpha value is -0.820. The average molecular weight is 243 g/mol. The molecule has 0 saturated heterocycles. The topological polar surface area (TPSA) is 61.6 Å². The summed E-state index contributed by atoms with van der Waals surface area (Å²) in [6, 6.07) is 0. The zero-order valence-electron chi connectivity index (χ0n) is 9.64. The molecule has 7 heteroatoms. The van der Waals surface area contributed by atoms with Gasteiger partial charge in [0.25, 0.3) is 0 Å². The summed E-state index contributed by atoms with van der Waals surface area (Å²) in [5.41, 5.74) is 2.91. The molecule has 0 fully saturated rings. The molecule has 0 saturated carbocycles. The van der Waals surface area contributed by atoms with Gasteiger partial charge in [0.05, 0.1) is 0 Å². The van der Waals surface area contributed by atoms with E-state index >= 15 is 0 Å². The number of halogens is 3. The monoisotopic (exact) mass is 243 g/mol. The minimum absolute atomic E-state index is 0.321. The van der Waals surface area contributed by atoms with E-state index in [9.17, 15) is 18.0 Å². The lowest BCUT2D eigenvalue weighted by Crippen LogP contribution is -2.59. The maximum absolute atomic E-state index is 12.0. The molecular formula is C9H16F3NO3. The Morgan fingerprint density at radius 1 is 1.25 bits per heavy atom. The number of esters is 1. The zero-order valence-corrected chi connectivity index (χ0v) is 9.64. The van der Waals surface area contributed by atoms with Crippen LogP contribution in [-0.4, -0.2) is 31.6 Å². The second-order valence-corrected chi connectivity index (χ2v) is 4.46. The van der Waals surface area contributed by atoms with Gasteiger partial charge in [0.1, 0.15) is 6.61 Å². The van der Waals surface area contributed by atoms with Gasteiger partial charge in [0.15, 0.2) is 5.72 Å². The summed E-state index contributed by atoms with van der Waals surface area (Å²) in [4.78, 5) is 10.7. The molecule has 0 aliphatic rings. The fourth-order valence-corrected chi connectivity index (χ4v) is 0.837. The summed E-state index contributed by atoms with van der Waals surface area (Å²) in [5.74, 6) is -2.32. The lowest BCUT2D eigenvalue weighted by atomic mass is 9.84. The molecule has 1 atom stereocenters. The molecule has 0 amide bonds. The van der Waals surface area contributed by atoms with Crippen LogP contribution >= 0.6 is 0 Å². The lowest BCUT2D eigenvalue weighted by molar-refractivity contribution is -0.228. The summed E-state index contributed by atoms with van der Waals surface area (Å²) in [6.45, 7) is 4.33. The van der Waals surface area contributed by atoms with E-state index in [2.05, 4.69) is 9.47 Å². The van der Waals surface area contributed by atoms with Gasteiger partial charge in [0.2, 0.25) is 0 Å². The van der Waals surface area contributed by atoms with Gasteiger partial charge >= 0.3 is 12.1 Å². The van der Waals surface area contributed by atoms with Crippen LogP contribution in [0.15, 0.2) is 0 Å². The standard InChI is InChI=1S/C9H16F3NO3/c1-7(2,3)8(13,5-15-4)16-6(14)9(10,11)12/h5,13H2,1-4H3. The van der Waals surface area contributed by atoms with Gasteiger partial charge in [-0.1, -0.05) is 20.8 Å². The third-order valence-electron chi connectivity index (χ3n) is 2.13. The van der Waals surface area contributed by atoms with Crippen LogP contribution in [0.4, 0.5) is 13.2 Å². The Kier molecular flexibility index (Phi) is 4.35. The Labute approximate surface area is 91.9 Å². The van der Waals surface area contributed by atoms with Crippen LogP contribution in [0.1, 0.15) is 20.8 Å². The van der Waals surface area contributed by atoms with Crippen LogP contribution in [0.5, 0.6) is 0 Å². The number of rotatable bonds is 3. The molecule has 16 heavy (non-hydrogen) atoms. The number of hydrogen-bond donors (Lipinski definition) is 1. The SMILES string of the molecule is COCC(N)(OC(=O)C(F)(F)F)C(C)(C)C. The van der Waals surface area contributed by atoms with E-state index in [-0.39, 0.29) is 6.61 Å². The summed E-state index contributed by atoms with van der Waals surface area (Å²) in [5, 5.41) is 0. The van der Waals surface area contributed by atoms with Crippen LogP contribution in [0.2, 0.25) is 0 Å². The van der Waals surface area contributed by atoms with Gasteiger partial charge in [-0.2, -0.15) is 13.2 Å². The molecule has 2 N–H and O–H groups in total. The van der Waals surface area contributed by atoms with Gasteiger partial charge in [-0.3, -0.25) is 5.73 Å². The Morgan fingerprint density at radius 3 is 1.94 bits per heavy atom. The smallest absolute Gasteiger partial charge is 0.434 e. The third-order valence-corrected chi connectivity index (χ3v) is 2.13. The highest BCUT2D eigenvalue weighted by Gasteiger charge is 2.49. The van der Waals surface area contributed by atoms with Crippen molar-refractivity contribution >= 4 is 5.97 Å². The minimum atomic E-state index is -5.07. The van der Waals surface area contributed by atoms with Crippen LogP contribution in [0.25, 0.3) is 0 Å². The first-order valence-electron chi connectivity index (χ1n) is 4.52. The van der Waals surface area contributed by atoms with Gasteiger partial charge in [-0.05, 0) is 0 Å². The predicted molar refractivity (Wildman–Crippen MR) is 50.4 cm³/mol. The Balaban J connectivity index is 4.91. The van der Waals surface area contributed by atoms with Crippen molar-refractivity contribution in [3.63, 3.8) is 0 Å². The Morgan fingerprint density at radius 2 is 1.69 bits per heavy atom. The number of ether oxygens (including phenoxy) is 2. The summed E-state index contributed by atoms with van der Waals surface area (Å²) < 4.78 is 45.1. The molecule has 0 aromatic carbocycles. The normalized spacial score (nSPS) is 16.8. The van der Waals surface area contributed by atoms with Crippen molar-refractivity contribution in [2.24, 2.45) is 11.1 Å². The fraction of sp³-hybridized carbons (Fsp3) is 0.889. The average Bonchev–Trinajstić information content (AvgIpc) is 2.00. The van der Waals surface area contributed by atoms with Crippen molar-refractivity contribution in [3.8, 4) is 0 Å². The highest BCUT2D eigenvalue weighted by molar-refractivity contribution is 5.76. The van der Waals surface area contributed by atoms with Gasteiger partial charge in [0, 0.05) is 12.5 Å². The molecule has 0 bridgehead atoms. The summed E-state index contributed by atoms with van der Waals surface area (Å²) in [6.07, 6.45) is -5.07. The molecule has 0 spiro atoms. The van der Waals surface area contributed by atoms with Crippen molar-refractivity contribution in [2.45, 2.75) is 32.7 Å². The molecule has 0 aromatic rings. The van der Waals surface area contributed by atoms with E-state index in [1.807, 2.05) is 0 Å². The minimum Gasteiger partial charge on any atom is -0.434 e. The molecule has 0 radical (unpaired) electrons. The molecule has 0 rings (SSSR count). The third kappa shape index (κ3) is 3.64. The van der Waals surface area contributed by atoms with Crippen molar-refractivity contribution in [2.75, 3.05) is 13.7 Å². The maximum atomic E-state index is 12.0. The molecule has 0 aromatic heterocycles. The highest BCUT2D eigenvalue weighted by atomic mass is 19.4. The van der Waals surface area contributed by atoms with Gasteiger partial charge < -0.3 is 9.47 Å². The fourth-order valence-electron chi connectivity index (χ4n) is 0.837. The first kappa shape index (κ1) is 15.2. The molecular weight excluding hydrogens is 227 g/mol. The van der Waals surface area contributed by atoms with E-state index in [0.717, 1.165) is 0 Å². The van der Waals surface area contributed by atoms with E-state index < -0.39 is 23.3 Å². The first-order valence-corrected chi connectivity index (χ1v) is 4.52. The molecule has 0 heterocycles. The van der Waals surface area contributed by atoms with Crippen LogP contribution < -0.4 is 5.73 Å². The van der Waals surface area contributed by atoms with Crippen LogP contribution in [0.3, 0.4) is 0 Å². The number of methoxy groups -OCH3 is 1. The van der Waals surface area contributed by atoms with Crippen molar-refractivity contribution < 1.29 is 27.4 Å². The molecule has 0 aliphatic carbocycles. The number of carbonyl (C=O) groups excluding carboxylic acids is 1. The van der Waals surface area contributed by atoms with Crippen LogP contribution in [-0.2, 0) is 14.3 Å². The van der Waals surface area contributed by atoms with Crippen molar-refractivity contribution in [1.82, 2.24) is 0 Å². The van der Waals surface area contributed by atoms with Crippen molar-refractivity contribution in [3.05, 3.63) is 0 Å². The predicted octanol–water partition coefficient (Wildman–Crippen LogP) is 1.44. The molecule has 4 nitrogen and oxygen atoms in total. The van der Waals surface area contributed by atoms with Crippen LogP contribution in [0, 0.1) is 5.41 Å². The second kappa shape index (κ2) is 4.58. The lowest BCUT2D eigenvalue weighted by Gasteiger charge is -2.39. The van der Waals surface area contributed by atoms with Gasteiger partial charge in [-0.15, -0.1) is 0 Å². The summed E-state index contributed by atoms with van der Waals surface area (Å²) >= 11 is 0. The number of alkyl halides is 3. The first-order chi connectivity index (χ1) is 6.94. The molecule has 1 unspecified atom stereocenters. The largest absolute Gasteiger partial charge is 0.490 e. The number of carbonyl (C=O) groups is 1. The second-order valence-electron chi connectivity index (χ2n) is 4.46. The molecule has 0 aliphatic heterocycles. The highest BCUT2D eigenvalue weighted by Crippen LogP contribution is 2.32. The van der Waals surface area contributed by atoms with E-state index in [1.165, 1.54) is 7.11 Å². The number of nitrogens with two attached hydrogens (primary N) is 1.